The van der Waals surface area contributed by atoms with Gasteiger partial charge in [0.25, 0.3) is 0 Å². The molecule has 1 unspecified atom stereocenters. The summed E-state index contributed by atoms with van der Waals surface area (Å²) in [5.74, 6) is -0.194. The highest BCUT2D eigenvalue weighted by Gasteiger charge is 2.27. The van der Waals surface area contributed by atoms with Gasteiger partial charge in [0.2, 0.25) is 0 Å². The van der Waals surface area contributed by atoms with Crippen LogP contribution in [0.2, 0.25) is 5.02 Å². The van der Waals surface area contributed by atoms with E-state index < -0.39 is 11.3 Å². The van der Waals surface area contributed by atoms with E-state index in [-0.39, 0.29) is 12.3 Å². The number of rotatable bonds is 5. The minimum Gasteiger partial charge on any atom is -0.496 e. The maximum atomic E-state index is 11.6. The SMILES string of the molecule is CCOC(=O)C(=NO)C(Cl)c1cc(C)c(OC)cc1Cl. The van der Waals surface area contributed by atoms with Gasteiger partial charge in [0.15, 0.2) is 5.71 Å². The third-order valence-corrected chi connectivity index (χ3v) is 3.39. The lowest BCUT2D eigenvalue weighted by molar-refractivity contribution is -0.135. The molecule has 0 aliphatic carbocycles. The maximum Gasteiger partial charge on any atom is 0.358 e. The third-order valence-electron chi connectivity index (χ3n) is 2.62. The Hall–Kier alpha value is -1.46. The molecule has 0 radical (unpaired) electrons. The van der Waals surface area contributed by atoms with Crippen molar-refractivity contribution < 1.29 is 19.5 Å². The number of carbonyl (C=O) groups is 1. The van der Waals surface area contributed by atoms with Crippen LogP contribution in [0, 0.1) is 6.92 Å². The Morgan fingerprint density at radius 2 is 2.15 bits per heavy atom. The van der Waals surface area contributed by atoms with Gasteiger partial charge in [-0.05, 0) is 37.1 Å². The first-order valence-corrected chi connectivity index (χ1v) is 6.64. The van der Waals surface area contributed by atoms with E-state index in [0.717, 1.165) is 5.56 Å². The number of benzene rings is 1. The summed E-state index contributed by atoms with van der Waals surface area (Å²) in [6.07, 6.45) is 0. The fourth-order valence-electron chi connectivity index (χ4n) is 1.65. The van der Waals surface area contributed by atoms with Gasteiger partial charge in [-0.1, -0.05) is 16.8 Å². The highest BCUT2D eigenvalue weighted by atomic mass is 35.5. The molecule has 1 rings (SSSR count). The number of halogens is 2. The Labute approximate surface area is 127 Å². The van der Waals surface area contributed by atoms with Crippen LogP contribution in [0.4, 0.5) is 0 Å². The van der Waals surface area contributed by atoms with Crippen LogP contribution in [0.1, 0.15) is 23.4 Å². The van der Waals surface area contributed by atoms with Gasteiger partial charge in [-0.3, -0.25) is 0 Å². The monoisotopic (exact) mass is 319 g/mol. The predicted octanol–water partition coefficient (Wildman–Crippen LogP) is 3.33. The smallest absolute Gasteiger partial charge is 0.358 e. The van der Waals surface area contributed by atoms with Crippen LogP contribution in [0.25, 0.3) is 0 Å². The second-order valence-corrected chi connectivity index (χ2v) is 4.76. The molecule has 0 bridgehead atoms. The summed E-state index contributed by atoms with van der Waals surface area (Å²) >= 11 is 12.3. The second-order valence-electron chi connectivity index (χ2n) is 3.91. The largest absolute Gasteiger partial charge is 0.496 e. The molecular weight excluding hydrogens is 305 g/mol. The van der Waals surface area contributed by atoms with E-state index in [0.29, 0.717) is 16.3 Å². The quantitative estimate of drug-likeness (QED) is 0.297. The molecule has 0 aliphatic rings. The molecule has 1 N–H and O–H groups in total. The van der Waals surface area contributed by atoms with Crippen molar-refractivity contribution in [2.24, 2.45) is 5.16 Å². The number of ether oxygens (including phenoxy) is 2. The lowest BCUT2D eigenvalue weighted by atomic mass is 10.0. The van der Waals surface area contributed by atoms with Crippen molar-refractivity contribution in [2.75, 3.05) is 13.7 Å². The molecule has 0 saturated carbocycles. The average molecular weight is 320 g/mol. The zero-order valence-electron chi connectivity index (χ0n) is 11.3. The van der Waals surface area contributed by atoms with Crippen LogP contribution in [0.3, 0.4) is 0 Å². The zero-order valence-corrected chi connectivity index (χ0v) is 12.8. The number of esters is 1. The zero-order chi connectivity index (χ0) is 15.3. The van der Waals surface area contributed by atoms with Gasteiger partial charge in [0.05, 0.1) is 13.7 Å². The third kappa shape index (κ3) is 3.55. The van der Waals surface area contributed by atoms with Gasteiger partial charge in [-0.15, -0.1) is 11.6 Å². The Morgan fingerprint density at radius 3 is 2.65 bits per heavy atom. The van der Waals surface area contributed by atoms with E-state index in [1.807, 2.05) is 6.92 Å². The second kappa shape index (κ2) is 7.36. The van der Waals surface area contributed by atoms with Crippen molar-refractivity contribution in [1.82, 2.24) is 0 Å². The van der Waals surface area contributed by atoms with E-state index in [1.54, 1.807) is 19.1 Å². The normalized spacial score (nSPS) is 12.9. The Morgan fingerprint density at radius 1 is 1.50 bits per heavy atom. The highest BCUT2D eigenvalue weighted by Crippen LogP contribution is 2.34. The molecule has 0 saturated heterocycles. The Bertz CT molecular complexity index is 531. The molecule has 1 atom stereocenters. The first-order chi connectivity index (χ1) is 9.46. The average Bonchev–Trinajstić information content (AvgIpc) is 2.41. The number of carbonyl (C=O) groups excluding carboxylic acids is 1. The van der Waals surface area contributed by atoms with Crippen LogP contribution in [-0.4, -0.2) is 30.6 Å². The molecule has 110 valence electrons. The van der Waals surface area contributed by atoms with Crippen molar-refractivity contribution in [3.63, 3.8) is 0 Å². The summed E-state index contributed by atoms with van der Waals surface area (Å²) < 4.78 is 9.91. The summed E-state index contributed by atoms with van der Waals surface area (Å²) in [6.45, 7) is 3.60. The van der Waals surface area contributed by atoms with E-state index in [4.69, 9.17) is 37.9 Å². The predicted molar refractivity (Wildman–Crippen MR) is 77.2 cm³/mol. The molecule has 20 heavy (non-hydrogen) atoms. The molecule has 0 amide bonds. The lowest BCUT2D eigenvalue weighted by Gasteiger charge is -2.15. The van der Waals surface area contributed by atoms with Gasteiger partial charge in [-0.25, -0.2) is 4.79 Å². The lowest BCUT2D eigenvalue weighted by Crippen LogP contribution is -2.22. The van der Waals surface area contributed by atoms with E-state index in [9.17, 15) is 4.79 Å². The molecule has 7 heteroatoms. The first kappa shape index (κ1) is 16.6. The fraction of sp³-hybridized carbons (Fsp3) is 0.385. The van der Waals surface area contributed by atoms with E-state index in [2.05, 4.69) is 5.16 Å². The standard InChI is InChI=1S/C13H15Cl2NO4/c1-4-20-13(17)12(16-18)11(15)8-5-7(2)10(19-3)6-9(8)14/h5-6,11,18H,4H2,1-3H3. The summed E-state index contributed by atoms with van der Waals surface area (Å²) in [6, 6.07) is 3.25. The minimum absolute atomic E-state index is 0.150. The number of oxime groups is 1. The van der Waals surface area contributed by atoms with Crippen molar-refractivity contribution in [3.05, 3.63) is 28.3 Å². The molecule has 0 heterocycles. The van der Waals surface area contributed by atoms with Gasteiger partial charge in [-0.2, -0.15) is 0 Å². The molecule has 0 spiro atoms. The van der Waals surface area contributed by atoms with Crippen LogP contribution < -0.4 is 4.74 Å². The van der Waals surface area contributed by atoms with Crippen molar-refractivity contribution >= 4 is 34.9 Å². The number of hydrogen-bond donors (Lipinski definition) is 1. The Balaban J connectivity index is 3.17. The van der Waals surface area contributed by atoms with Crippen LogP contribution in [0.5, 0.6) is 5.75 Å². The fourth-order valence-corrected chi connectivity index (χ4v) is 2.28. The summed E-state index contributed by atoms with van der Waals surface area (Å²) in [4.78, 5) is 11.6. The van der Waals surface area contributed by atoms with Crippen LogP contribution in [0.15, 0.2) is 17.3 Å². The molecule has 0 fully saturated rings. The first-order valence-electron chi connectivity index (χ1n) is 5.83. The van der Waals surface area contributed by atoms with Gasteiger partial charge < -0.3 is 14.7 Å². The van der Waals surface area contributed by atoms with Gasteiger partial charge in [0, 0.05) is 5.02 Å². The minimum atomic E-state index is -1.02. The highest BCUT2D eigenvalue weighted by molar-refractivity contribution is 6.50. The number of alkyl halides is 1. The number of aryl methyl sites for hydroxylation is 1. The van der Waals surface area contributed by atoms with Crippen molar-refractivity contribution in [3.8, 4) is 5.75 Å². The van der Waals surface area contributed by atoms with Crippen molar-refractivity contribution in [1.29, 1.82) is 0 Å². The van der Waals surface area contributed by atoms with Crippen molar-refractivity contribution in [2.45, 2.75) is 19.2 Å². The molecule has 5 nitrogen and oxygen atoms in total. The van der Waals surface area contributed by atoms with Crippen LogP contribution in [-0.2, 0) is 9.53 Å². The summed E-state index contributed by atoms with van der Waals surface area (Å²) in [7, 11) is 1.52. The molecule has 0 aliphatic heterocycles. The molecular formula is C13H15Cl2NO4. The maximum absolute atomic E-state index is 11.6. The molecule has 1 aromatic rings. The van der Waals surface area contributed by atoms with E-state index >= 15 is 0 Å². The number of hydrogen-bond acceptors (Lipinski definition) is 5. The molecule has 1 aromatic carbocycles. The Kier molecular flexibility index (Phi) is 6.10. The van der Waals surface area contributed by atoms with E-state index in [1.165, 1.54) is 7.11 Å². The summed E-state index contributed by atoms with van der Waals surface area (Å²) in [5.41, 5.74) is 0.908. The summed E-state index contributed by atoms with van der Waals surface area (Å²) in [5, 5.41) is 11.2. The topological polar surface area (TPSA) is 68.1 Å². The number of nitrogens with zero attached hydrogens (tertiary/aromatic N) is 1. The number of methoxy groups -OCH3 is 1. The van der Waals surface area contributed by atoms with Gasteiger partial charge in [0.1, 0.15) is 11.1 Å². The van der Waals surface area contributed by atoms with Gasteiger partial charge >= 0.3 is 5.97 Å². The molecule has 0 aromatic heterocycles. The van der Waals surface area contributed by atoms with Crippen LogP contribution >= 0.6 is 23.2 Å².